The van der Waals surface area contributed by atoms with Crippen molar-refractivity contribution >= 4 is 58.2 Å². The molecule has 0 radical (unpaired) electrons. The van der Waals surface area contributed by atoms with Crippen LogP contribution in [0.2, 0.25) is 5.02 Å². The van der Waals surface area contributed by atoms with E-state index < -0.39 is 11.8 Å². The molecule has 0 spiro atoms. The van der Waals surface area contributed by atoms with E-state index in [1.807, 2.05) is 24.3 Å². The number of amides is 2. The third kappa shape index (κ3) is 4.23. The molecule has 0 atom stereocenters. The molecular formula is C22H21ClN4O2S. The van der Waals surface area contributed by atoms with E-state index in [9.17, 15) is 9.59 Å². The van der Waals surface area contributed by atoms with Crippen LogP contribution >= 0.6 is 23.8 Å². The van der Waals surface area contributed by atoms with Crippen LogP contribution in [0.1, 0.15) is 5.56 Å². The Morgan fingerprint density at radius 3 is 2.17 bits per heavy atom. The van der Waals surface area contributed by atoms with Crippen LogP contribution in [-0.2, 0) is 9.59 Å². The molecule has 2 aromatic carbocycles. The Labute approximate surface area is 185 Å². The molecule has 1 N–H and O–H groups in total. The topological polar surface area (TPSA) is 55.9 Å². The Balaban J connectivity index is 1.57. The Morgan fingerprint density at radius 1 is 0.933 bits per heavy atom. The van der Waals surface area contributed by atoms with Crippen LogP contribution in [0.5, 0.6) is 0 Å². The lowest BCUT2D eigenvalue weighted by molar-refractivity contribution is -0.122. The number of hydrogen-bond acceptors (Lipinski definition) is 5. The van der Waals surface area contributed by atoms with Crippen LogP contribution in [0.3, 0.4) is 0 Å². The van der Waals surface area contributed by atoms with E-state index in [4.69, 9.17) is 23.8 Å². The van der Waals surface area contributed by atoms with Gasteiger partial charge in [0, 0.05) is 36.9 Å². The number of carbonyl (C=O) groups excluding carboxylic acids is 2. The second-order valence-electron chi connectivity index (χ2n) is 7.32. The van der Waals surface area contributed by atoms with Gasteiger partial charge in [-0.2, -0.15) is 0 Å². The zero-order valence-corrected chi connectivity index (χ0v) is 18.0. The summed E-state index contributed by atoms with van der Waals surface area (Å²) in [5.74, 6) is -0.965. The van der Waals surface area contributed by atoms with Crippen LogP contribution in [0.4, 0.5) is 11.4 Å². The number of thiocarbonyl (C=S) groups is 1. The van der Waals surface area contributed by atoms with Crippen molar-refractivity contribution in [2.75, 3.05) is 43.0 Å². The number of nitrogens with one attached hydrogen (secondary N) is 1. The molecule has 2 fully saturated rings. The molecule has 2 amide bonds. The first kappa shape index (κ1) is 20.5. The van der Waals surface area contributed by atoms with Gasteiger partial charge in [-0.25, -0.2) is 0 Å². The van der Waals surface area contributed by atoms with Crippen LogP contribution in [-0.4, -0.2) is 55.1 Å². The lowest BCUT2D eigenvalue weighted by atomic mass is 10.1. The minimum Gasteiger partial charge on any atom is -0.369 e. The largest absolute Gasteiger partial charge is 0.369 e. The van der Waals surface area contributed by atoms with Crippen LogP contribution in [0, 0.1) is 0 Å². The number of nitrogens with zero attached hydrogens (tertiary/aromatic N) is 3. The summed E-state index contributed by atoms with van der Waals surface area (Å²) in [5.41, 5.74) is 2.49. The normalized spacial score (nSPS) is 19.4. The van der Waals surface area contributed by atoms with Gasteiger partial charge < -0.3 is 9.80 Å². The number of hydrogen-bond donors (Lipinski definition) is 1. The van der Waals surface area contributed by atoms with E-state index in [1.54, 1.807) is 30.3 Å². The summed E-state index contributed by atoms with van der Waals surface area (Å²) < 4.78 is 0. The van der Waals surface area contributed by atoms with Gasteiger partial charge in [0.05, 0.1) is 5.69 Å². The van der Waals surface area contributed by atoms with Crippen molar-refractivity contribution in [2.45, 2.75) is 0 Å². The first-order valence-corrected chi connectivity index (χ1v) is 10.4. The molecule has 0 unspecified atom stereocenters. The summed E-state index contributed by atoms with van der Waals surface area (Å²) in [6.45, 7) is 4.01. The number of carbonyl (C=O) groups is 2. The molecule has 2 heterocycles. The quantitative estimate of drug-likeness (QED) is 0.452. The SMILES string of the molecule is CN1CCN(c2ccc(C=C3C(=O)NC(=S)N(c4ccc(Cl)cc4)C3=O)cc2)CC1. The second kappa shape index (κ2) is 8.55. The monoisotopic (exact) mass is 440 g/mol. The second-order valence-corrected chi connectivity index (χ2v) is 8.14. The highest BCUT2D eigenvalue weighted by Crippen LogP contribution is 2.24. The van der Waals surface area contributed by atoms with Crippen molar-refractivity contribution in [3.8, 4) is 0 Å². The highest BCUT2D eigenvalue weighted by Gasteiger charge is 2.34. The molecule has 30 heavy (non-hydrogen) atoms. The van der Waals surface area contributed by atoms with Gasteiger partial charge in [0.2, 0.25) is 0 Å². The first-order valence-electron chi connectivity index (χ1n) is 9.63. The molecule has 6 nitrogen and oxygen atoms in total. The van der Waals surface area contributed by atoms with Crippen molar-refractivity contribution in [1.82, 2.24) is 10.2 Å². The van der Waals surface area contributed by atoms with Crippen molar-refractivity contribution in [3.05, 3.63) is 64.7 Å². The molecule has 0 bridgehead atoms. The number of halogens is 1. The lowest BCUT2D eigenvalue weighted by Crippen LogP contribution is -2.54. The van der Waals surface area contributed by atoms with E-state index >= 15 is 0 Å². The fourth-order valence-electron chi connectivity index (χ4n) is 3.49. The summed E-state index contributed by atoms with van der Waals surface area (Å²) in [6, 6.07) is 14.6. The van der Waals surface area contributed by atoms with Crippen molar-refractivity contribution < 1.29 is 9.59 Å². The van der Waals surface area contributed by atoms with Crippen LogP contribution < -0.4 is 15.1 Å². The fraction of sp³-hybridized carbons (Fsp3) is 0.227. The molecule has 2 saturated heterocycles. The molecule has 0 saturated carbocycles. The molecule has 2 aliphatic rings. The first-order chi connectivity index (χ1) is 14.4. The standard InChI is InChI=1S/C22H21ClN4O2S/c1-25-10-12-26(13-11-25)17-6-2-15(3-7-17)14-19-20(28)24-22(30)27(21(19)29)18-8-4-16(23)5-9-18/h2-9,14H,10-13H2,1H3,(H,24,28,30). The van der Waals surface area contributed by atoms with Crippen molar-refractivity contribution in [3.63, 3.8) is 0 Å². The highest BCUT2D eigenvalue weighted by atomic mass is 35.5. The van der Waals surface area contributed by atoms with Gasteiger partial charge in [-0.15, -0.1) is 0 Å². The summed E-state index contributed by atoms with van der Waals surface area (Å²) in [5, 5.41) is 3.20. The van der Waals surface area contributed by atoms with Gasteiger partial charge >= 0.3 is 0 Å². The lowest BCUT2D eigenvalue weighted by Gasteiger charge is -2.34. The van der Waals surface area contributed by atoms with Crippen LogP contribution in [0.15, 0.2) is 54.1 Å². The van der Waals surface area contributed by atoms with Gasteiger partial charge in [-0.05, 0) is 67.3 Å². The van der Waals surface area contributed by atoms with Gasteiger partial charge in [0.25, 0.3) is 11.8 Å². The third-order valence-electron chi connectivity index (χ3n) is 5.26. The van der Waals surface area contributed by atoms with Gasteiger partial charge in [0.15, 0.2) is 5.11 Å². The summed E-state index contributed by atoms with van der Waals surface area (Å²) in [7, 11) is 2.12. The molecule has 2 aromatic rings. The number of piperazine rings is 1. The minimum absolute atomic E-state index is 0.0332. The average Bonchev–Trinajstić information content (AvgIpc) is 2.73. The minimum atomic E-state index is -0.502. The molecule has 154 valence electrons. The third-order valence-corrected chi connectivity index (χ3v) is 5.80. The molecule has 4 rings (SSSR count). The summed E-state index contributed by atoms with van der Waals surface area (Å²) in [6.07, 6.45) is 1.59. The molecular weight excluding hydrogens is 420 g/mol. The number of anilines is 2. The maximum atomic E-state index is 13.0. The number of rotatable bonds is 3. The fourth-order valence-corrected chi connectivity index (χ4v) is 3.90. The zero-order chi connectivity index (χ0) is 21.3. The molecule has 0 aliphatic carbocycles. The summed E-state index contributed by atoms with van der Waals surface area (Å²) >= 11 is 11.2. The highest BCUT2D eigenvalue weighted by molar-refractivity contribution is 7.80. The van der Waals surface area contributed by atoms with E-state index in [2.05, 4.69) is 22.2 Å². The van der Waals surface area contributed by atoms with Gasteiger partial charge in [-0.3, -0.25) is 19.8 Å². The summed E-state index contributed by atoms with van der Waals surface area (Å²) in [4.78, 5) is 31.4. The van der Waals surface area contributed by atoms with Crippen molar-refractivity contribution in [2.24, 2.45) is 0 Å². The van der Waals surface area contributed by atoms with E-state index in [0.717, 1.165) is 37.4 Å². The molecule has 8 heteroatoms. The molecule has 2 aliphatic heterocycles. The maximum absolute atomic E-state index is 13.0. The smallest absolute Gasteiger partial charge is 0.270 e. The van der Waals surface area contributed by atoms with E-state index in [0.29, 0.717) is 10.7 Å². The van der Waals surface area contributed by atoms with Gasteiger partial charge in [0.1, 0.15) is 5.57 Å². The van der Waals surface area contributed by atoms with Crippen molar-refractivity contribution in [1.29, 1.82) is 0 Å². The Morgan fingerprint density at radius 2 is 1.53 bits per heavy atom. The maximum Gasteiger partial charge on any atom is 0.270 e. The van der Waals surface area contributed by atoms with E-state index in [1.165, 1.54) is 4.90 Å². The average molecular weight is 441 g/mol. The predicted octanol–water partition coefficient (Wildman–Crippen LogP) is 2.92. The predicted molar refractivity (Wildman–Crippen MR) is 124 cm³/mol. The van der Waals surface area contributed by atoms with E-state index in [-0.39, 0.29) is 10.7 Å². The zero-order valence-electron chi connectivity index (χ0n) is 16.5. The Kier molecular flexibility index (Phi) is 5.85. The van der Waals surface area contributed by atoms with Gasteiger partial charge in [-0.1, -0.05) is 23.7 Å². The Bertz CT molecular complexity index is 1010. The molecule has 0 aromatic heterocycles. The number of likely N-dealkylation sites (N-methyl/N-ethyl adjacent to an activating group) is 1. The number of benzene rings is 2. The Hall–Kier alpha value is -2.74. The van der Waals surface area contributed by atoms with Crippen LogP contribution in [0.25, 0.3) is 6.08 Å².